The van der Waals surface area contributed by atoms with Crippen LogP contribution in [0.1, 0.15) is 50.9 Å². The van der Waals surface area contributed by atoms with Crippen molar-refractivity contribution in [1.82, 2.24) is 5.32 Å². The number of benzene rings is 1. The van der Waals surface area contributed by atoms with E-state index in [0.29, 0.717) is 46.2 Å². The van der Waals surface area contributed by atoms with E-state index in [0.717, 1.165) is 31.2 Å². The first kappa shape index (κ1) is 24.6. The van der Waals surface area contributed by atoms with Crippen molar-refractivity contribution < 1.29 is 23.8 Å². The van der Waals surface area contributed by atoms with E-state index >= 15 is 0 Å². The van der Waals surface area contributed by atoms with Crippen molar-refractivity contribution >= 4 is 61.5 Å². The zero-order valence-electron chi connectivity index (χ0n) is 17.9. The number of rotatable bonds is 8. The van der Waals surface area contributed by atoms with Crippen LogP contribution in [0.5, 0.6) is 5.75 Å². The van der Waals surface area contributed by atoms with Gasteiger partial charge in [-0.25, -0.2) is 4.79 Å². The Morgan fingerprint density at radius 3 is 2.72 bits per heavy atom. The monoisotopic (exact) mass is 540 g/mol. The van der Waals surface area contributed by atoms with Crippen LogP contribution in [0.3, 0.4) is 0 Å². The highest BCUT2D eigenvalue weighted by molar-refractivity contribution is 9.10. The van der Waals surface area contributed by atoms with Gasteiger partial charge < -0.3 is 19.5 Å². The van der Waals surface area contributed by atoms with Gasteiger partial charge in [-0.3, -0.25) is 10.1 Å². The summed E-state index contributed by atoms with van der Waals surface area (Å²) in [6.45, 7) is 2.95. The molecule has 1 aromatic carbocycles. The lowest BCUT2D eigenvalue weighted by Crippen LogP contribution is -2.34. The van der Waals surface area contributed by atoms with E-state index in [1.165, 1.54) is 16.2 Å². The molecule has 7 nitrogen and oxygen atoms in total. The average molecular weight is 541 g/mol. The Morgan fingerprint density at radius 2 is 2.00 bits per heavy atom. The van der Waals surface area contributed by atoms with Crippen LogP contribution < -0.4 is 15.4 Å². The summed E-state index contributed by atoms with van der Waals surface area (Å²) in [6, 6.07) is 5.02. The quantitative estimate of drug-likeness (QED) is 0.284. The number of thiophene rings is 1. The Kier molecular flexibility index (Phi) is 9.03. The third-order valence-electron chi connectivity index (χ3n) is 4.84. The number of halogens is 1. The Hall–Kier alpha value is -2.01. The minimum absolute atomic E-state index is 0.121. The standard InChI is InChI=1S/C22H25BrN2O5S2/c1-3-29-21(27)18-14-6-4-5-7-17(14)32-20(18)25-22(31)24-19(26)13-8-9-16(15(23)12-13)30-11-10-28-2/h8-9,12H,3-7,10-11H2,1-2H3,(H2,24,25,26,31). The topological polar surface area (TPSA) is 85.9 Å². The van der Waals surface area contributed by atoms with Crippen molar-refractivity contribution in [1.29, 1.82) is 0 Å². The lowest BCUT2D eigenvalue weighted by molar-refractivity contribution is 0.0526. The molecule has 1 aliphatic carbocycles. The zero-order chi connectivity index (χ0) is 23.1. The highest BCUT2D eigenvalue weighted by Gasteiger charge is 2.27. The Labute approximate surface area is 204 Å². The lowest BCUT2D eigenvalue weighted by atomic mass is 9.95. The van der Waals surface area contributed by atoms with Crippen molar-refractivity contribution in [3.8, 4) is 5.75 Å². The molecule has 1 amide bonds. The van der Waals surface area contributed by atoms with Crippen molar-refractivity contribution in [2.75, 3.05) is 32.2 Å². The molecular weight excluding hydrogens is 516 g/mol. The molecule has 0 radical (unpaired) electrons. The molecule has 0 atom stereocenters. The van der Waals surface area contributed by atoms with Crippen LogP contribution in [-0.4, -0.2) is 43.9 Å². The number of amides is 1. The van der Waals surface area contributed by atoms with Gasteiger partial charge in [0.1, 0.15) is 17.4 Å². The van der Waals surface area contributed by atoms with E-state index in [1.807, 2.05) is 0 Å². The number of anilines is 1. The fraction of sp³-hybridized carbons (Fsp3) is 0.409. The molecule has 1 aliphatic rings. The van der Waals surface area contributed by atoms with Gasteiger partial charge in [-0.2, -0.15) is 0 Å². The summed E-state index contributed by atoms with van der Waals surface area (Å²) < 4.78 is 16.5. The molecule has 3 rings (SSSR count). The summed E-state index contributed by atoms with van der Waals surface area (Å²) in [6.07, 6.45) is 3.90. The largest absolute Gasteiger partial charge is 0.490 e. The van der Waals surface area contributed by atoms with Crippen molar-refractivity contribution in [3.05, 3.63) is 44.2 Å². The second-order valence-electron chi connectivity index (χ2n) is 7.03. The highest BCUT2D eigenvalue weighted by Crippen LogP contribution is 2.38. The average Bonchev–Trinajstić information content (AvgIpc) is 3.12. The molecule has 0 spiro atoms. The van der Waals surface area contributed by atoms with Gasteiger partial charge in [0.15, 0.2) is 5.11 Å². The number of carbonyl (C=O) groups excluding carboxylic acids is 2. The van der Waals surface area contributed by atoms with E-state index in [-0.39, 0.29) is 17.0 Å². The van der Waals surface area contributed by atoms with Crippen LogP contribution in [-0.2, 0) is 22.3 Å². The Morgan fingerprint density at radius 1 is 1.22 bits per heavy atom. The number of nitrogens with one attached hydrogen (secondary N) is 2. The number of methoxy groups -OCH3 is 1. The van der Waals surface area contributed by atoms with E-state index in [4.69, 9.17) is 26.4 Å². The number of hydrogen-bond acceptors (Lipinski definition) is 7. The second kappa shape index (κ2) is 11.7. The van der Waals surface area contributed by atoms with Gasteiger partial charge in [-0.1, -0.05) is 0 Å². The normalized spacial score (nSPS) is 12.6. The third kappa shape index (κ3) is 6.06. The molecule has 172 valence electrons. The summed E-state index contributed by atoms with van der Waals surface area (Å²) in [7, 11) is 1.60. The van der Waals surface area contributed by atoms with Gasteiger partial charge in [0, 0.05) is 17.6 Å². The van der Waals surface area contributed by atoms with Crippen LogP contribution in [0.4, 0.5) is 5.00 Å². The fourth-order valence-electron chi connectivity index (χ4n) is 3.38. The van der Waals surface area contributed by atoms with Gasteiger partial charge in [-0.05, 0) is 84.5 Å². The minimum atomic E-state index is -0.370. The number of thiocarbonyl (C=S) groups is 1. The van der Waals surface area contributed by atoms with Crippen molar-refractivity contribution in [2.45, 2.75) is 32.6 Å². The van der Waals surface area contributed by atoms with E-state index in [1.54, 1.807) is 32.2 Å². The molecule has 0 saturated heterocycles. The molecule has 0 unspecified atom stereocenters. The molecular formula is C22H25BrN2O5S2. The molecule has 32 heavy (non-hydrogen) atoms. The molecule has 0 bridgehead atoms. The molecule has 2 aromatic rings. The van der Waals surface area contributed by atoms with Crippen LogP contribution in [0, 0.1) is 0 Å². The predicted molar refractivity (Wildman–Crippen MR) is 132 cm³/mol. The molecule has 0 saturated carbocycles. The highest BCUT2D eigenvalue weighted by atomic mass is 79.9. The first-order chi connectivity index (χ1) is 15.4. The SMILES string of the molecule is CCOC(=O)c1c(NC(=S)NC(=O)c2ccc(OCCOC)c(Br)c2)sc2c1CCCC2. The van der Waals surface area contributed by atoms with E-state index < -0.39 is 0 Å². The van der Waals surface area contributed by atoms with Crippen molar-refractivity contribution in [2.24, 2.45) is 0 Å². The molecule has 2 N–H and O–H groups in total. The summed E-state index contributed by atoms with van der Waals surface area (Å²) in [5.74, 6) is -0.121. The maximum atomic E-state index is 12.7. The molecule has 0 fully saturated rings. The Balaban J connectivity index is 1.69. The van der Waals surface area contributed by atoms with Crippen LogP contribution >= 0.6 is 39.5 Å². The van der Waals surface area contributed by atoms with Gasteiger partial charge in [0.25, 0.3) is 5.91 Å². The third-order valence-corrected chi connectivity index (χ3v) is 6.88. The fourth-order valence-corrected chi connectivity index (χ4v) is 5.41. The number of carbonyl (C=O) groups is 2. The van der Waals surface area contributed by atoms with Gasteiger partial charge >= 0.3 is 5.97 Å². The molecule has 10 heteroatoms. The number of aryl methyl sites for hydroxylation is 1. The zero-order valence-corrected chi connectivity index (χ0v) is 21.1. The predicted octanol–water partition coefficient (Wildman–Crippen LogP) is 4.72. The number of hydrogen-bond donors (Lipinski definition) is 2. The number of esters is 1. The first-order valence-electron chi connectivity index (χ1n) is 10.3. The maximum absolute atomic E-state index is 12.7. The maximum Gasteiger partial charge on any atom is 0.341 e. The van der Waals surface area contributed by atoms with Crippen LogP contribution in [0.15, 0.2) is 22.7 Å². The second-order valence-corrected chi connectivity index (χ2v) is 9.40. The Bertz CT molecular complexity index is 1010. The lowest BCUT2D eigenvalue weighted by Gasteiger charge is -2.13. The van der Waals surface area contributed by atoms with Crippen LogP contribution in [0.25, 0.3) is 0 Å². The van der Waals surface area contributed by atoms with Crippen LogP contribution in [0.2, 0.25) is 0 Å². The summed E-state index contributed by atoms with van der Waals surface area (Å²) >= 11 is 10.3. The van der Waals surface area contributed by atoms with Crippen molar-refractivity contribution in [3.63, 3.8) is 0 Å². The summed E-state index contributed by atoms with van der Waals surface area (Å²) in [4.78, 5) is 26.4. The first-order valence-corrected chi connectivity index (χ1v) is 12.3. The van der Waals surface area contributed by atoms with Gasteiger partial charge in [0.2, 0.25) is 0 Å². The molecule has 1 heterocycles. The summed E-state index contributed by atoms with van der Waals surface area (Å²) in [5.41, 5.74) is 1.98. The molecule has 1 aromatic heterocycles. The van der Waals surface area contributed by atoms with E-state index in [9.17, 15) is 9.59 Å². The van der Waals surface area contributed by atoms with Gasteiger partial charge in [0.05, 0.1) is 23.2 Å². The van der Waals surface area contributed by atoms with E-state index in [2.05, 4.69) is 26.6 Å². The molecule has 0 aliphatic heterocycles. The number of fused-ring (bicyclic) bond motifs is 1. The van der Waals surface area contributed by atoms with Gasteiger partial charge in [-0.15, -0.1) is 11.3 Å². The smallest absolute Gasteiger partial charge is 0.341 e. The summed E-state index contributed by atoms with van der Waals surface area (Å²) in [5, 5.41) is 6.45. The number of ether oxygens (including phenoxy) is 3. The minimum Gasteiger partial charge on any atom is -0.490 e.